The van der Waals surface area contributed by atoms with Gasteiger partial charge in [-0.05, 0) is 51.0 Å². The standard InChI is InChI=1S/C11H19N.2C2H6/c1-7(2)10-8-4-5-9(6-8)11(10)12-3;2*1-2/h8-12H,1,4-6H2,2-3H3;2*1-2H3. The molecule has 1 N–H and O–H groups in total. The second-order valence-corrected chi connectivity index (χ2v) is 4.52. The van der Waals surface area contributed by atoms with E-state index in [1.165, 1.54) is 24.8 Å². The van der Waals surface area contributed by atoms with E-state index in [0.717, 1.165) is 23.8 Å². The molecule has 2 aliphatic rings. The van der Waals surface area contributed by atoms with Crippen molar-refractivity contribution in [3.8, 4) is 0 Å². The van der Waals surface area contributed by atoms with Gasteiger partial charge < -0.3 is 5.32 Å². The molecule has 1 heteroatoms. The number of hydrogen-bond acceptors (Lipinski definition) is 1. The van der Waals surface area contributed by atoms with Crippen LogP contribution in [0.3, 0.4) is 0 Å². The molecular weight excluding hydrogens is 194 g/mol. The Kier molecular flexibility index (Phi) is 7.74. The molecule has 0 aromatic rings. The van der Waals surface area contributed by atoms with Crippen molar-refractivity contribution in [3.05, 3.63) is 12.2 Å². The van der Waals surface area contributed by atoms with Crippen LogP contribution in [0, 0.1) is 17.8 Å². The lowest BCUT2D eigenvalue weighted by Gasteiger charge is -2.31. The topological polar surface area (TPSA) is 12.0 Å². The monoisotopic (exact) mass is 225 g/mol. The maximum Gasteiger partial charge on any atom is 0.0160 e. The predicted octanol–water partition coefficient (Wildman–Crippen LogP) is 4.25. The molecule has 0 radical (unpaired) electrons. The Morgan fingerprint density at radius 1 is 1.06 bits per heavy atom. The van der Waals surface area contributed by atoms with Gasteiger partial charge in [-0.3, -0.25) is 0 Å². The van der Waals surface area contributed by atoms with Crippen molar-refractivity contribution >= 4 is 0 Å². The van der Waals surface area contributed by atoms with Gasteiger partial charge in [0.2, 0.25) is 0 Å². The molecular formula is C15H31N. The highest BCUT2D eigenvalue weighted by Crippen LogP contribution is 2.50. The highest BCUT2D eigenvalue weighted by molar-refractivity contribution is 5.12. The molecule has 2 rings (SSSR count). The van der Waals surface area contributed by atoms with Crippen molar-refractivity contribution < 1.29 is 0 Å². The molecule has 2 fully saturated rings. The van der Waals surface area contributed by atoms with Gasteiger partial charge in [0, 0.05) is 6.04 Å². The third kappa shape index (κ3) is 3.10. The van der Waals surface area contributed by atoms with E-state index < -0.39 is 0 Å². The van der Waals surface area contributed by atoms with Crippen molar-refractivity contribution in [2.45, 2.75) is 59.9 Å². The van der Waals surface area contributed by atoms with Gasteiger partial charge >= 0.3 is 0 Å². The summed E-state index contributed by atoms with van der Waals surface area (Å²) in [4.78, 5) is 0. The van der Waals surface area contributed by atoms with Gasteiger partial charge in [-0.2, -0.15) is 0 Å². The Bertz CT molecular complexity index is 198. The van der Waals surface area contributed by atoms with E-state index in [1.54, 1.807) is 0 Å². The van der Waals surface area contributed by atoms with Gasteiger partial charge in [-0.15, -0.1) is 0 Å². The van der Waals surface area contributed by atoms with Crippen LogP contribution in [-0.4, -0.2) is 13.1 Å². The van der Waals surface area contributed by atoms with Crippen molar-refractivity contribution in [2.24, 2.45) is 17.8 Å². The highest BCUT2D eigenvalue weighted by atomic mass is 14.9. The number of nitrogens with one attached hydrogen (secondary N) is 1. The fourth-order valence-electron chi connectivity index (χ4n) is 3.42. The third-order valence-corrected chi connectivity index (χ3v) is 3.82. The molecule has 96 valence electrons. The van der Waals surface area contributed by atoms with E-state index in [1.807, 2.05) is 27.7 Å². The van der Waals surface area contributed by atoms with Crippen molar-refractivity contribution in [2.75, 3.05) is 7.05 Å². The summed E-state index contributed by atoms with van der Waals surface area (Å²) in [5.41, 5.74) is 1.39. The second kappa shape index (κ2) is 7.89. The molecule has 4 unspecified atom stereocenters. The molecule has 1 nitrogen and oxygen atoms in total. The zero-order chi connectivity index (χ0) is 12.7. The first-order valence-corrected chi connectivity index (χ1v) is 7.06. The van der Waals surface area contributed by atoms with E-state index in [9.17, 15) is 0 Å². The van der Waals surface area contributed by atoms with E-state index in [4.69, 9.17) is 0 Å². The van der Waals surface area contributed by atoms with Gasteiger partial charge in [-0.25, -0.2) is 0 Å². The molecule has 0 aromatic carbocycles. The Hall–Kier alpha value is -0.300. The summed E-state index contributed by atoms with van der Waals surface area (Å²) in [5, 5.41) is 3.47. The summed E-state index contributed by atoms with van der Waals surface area (Å²) in [5.74, 6) is 2.67. The van der Waals surface area contributed by atoms with Crippen LogP contribution < -0.4 is 5.32 Å². The maximum atomic E-state index is 4.11. The summed E-state index contributed by atoms with van der Waals surface area (Å²) in [6.07, 6.45) is 4.34. The SMILES string of the molecule is C=C(C)C1C2CCC(C2)C1NC.CC.CC. The minimum atomic E-state index is 0.737. The number of hydrogen-bond donors (Lipinski definition) is 1. The van der Waals surface area contributed by atoms with Crippen molar-refractivity contribution in [1.29, 1.82) is 0 Å². The minimum Gasteiger partial charge on any atom is -0.316 e. The summed E-state index contributed by atoms with van der Waals surface area (Å²) >= 11 is 0. The lowest BCUT2D eigenvalue weighted by Crippen LogP contribution is -2.38. The van der Waals surface area contributed by atoms with Crippen LogP contribution in [0.1, 0.15) is 53.9 Å². The third-order valence-electron chi connectivity index (χ3n) is 3.82. The smallest absolute Gasteiger partial charge is 0.0160 e. The first-order chi connectivity index (χ1) is 7.74. The molecule has 0 aromatic heterocycles. The first kappa shape index (κ1) is 15.7. The van der Waals surface area contributed by atoms with Crippen LogP contribution in [0.2, 0.25) is 0 Å². The molecule has 2 bridgehead atoms. The van der Waals surface area contributed by atoms with Crippen molar-refractivity contribution in [3.63, 3.8) is 0 Å². The fraction of sp³-hybridized carbons (Fsp3) is 0.867. The largest absolute Gasteiger partial charge is 0.316 e. The molecule has 2 aliphatic carbocycles. The van der Waals surface area contributed by atoms with Gasteiger partial charge in [0.1, 0.15) is 0 Å². The summed E-state index contributed by atoms with van der Waals surface area (Å²) in [6.45, 7) is 14.3. The maximum absolute atomic E-state index is 4.11. The number of rotatable bonds is 2. The highest BCUT2D eigenvalue weighted by Gasteiger charge is 2.46. The predicted molar refractivity (Wildman–Crippen MR) is 74.7 cm³/mol. The Morgan fingerprint density at radius 3 is 1.94 bits per heavy atom. The Morgan fingerprint density at radius 2 is 1.56 bits per heavy atom. The molecule has 2 saturated carbocycles. The summed E-state index contributed by atoms with van der Waals surface area (Å²) < 4.78 is 0. The minimum absolute atomic E-state index is 0.737. The molecule has 0 aliphatic heterocycles. The van der Waals surface area contributed by atoms with Crippen LogP contribution in [-0.2, 0) is 0 Å². The first-order valence-electron chi connectivity index (χ1n) is 7.06. The zero-order valence-electron chi connectivity index (χ0n) is 12.1. The molecule has 0 amide bonds. The van der Waals surface area contributed by atoms with E-state index in [-0.39, 0.29) is 0 Å². The van der Waals surface area contributed by atoms with E-state index in [0.29, 0.717) is 0 Å². The average Bonchev–Trinajstić information content (AvgIpc) is 2.93. The number of fused-ring (bicyclic) bond motifs is 2. The quantitative estimate of drug-likeness (QED) is 0.693. The molecule has 0 saturated heterocycles. The zero-order valence-corrected chi connectivity index (χ0v) is 12.1. The molecule has 16 heavy (non-hydrogen) atoms. The van der Waals surface area contributed by atoms with Crippen LogP contribution in [0.5, 0.6) is 0 Å². The lowest BCUT2D eigenvalue weighted by molar-refractivity contribution is 0.293. The van der Waals surface area contributed by atoms with Gasteiger partial charge in [-0.1, -0.05) is 39.8 Å². The second-order valence-electron chi connectivity index (χ2n) is 4.52. The van der Waals surface area contributed by atoms with Crippen LogP contribution >= 0.6 is 0 Å². The van der Waals surface area contributed by atoms with Gasteiger partial charge in [0.15, 0.2) is 0 Å². The Labute approximate surface area is 103 Å². The van der Waals surface area contributed by atoms with E-state index in [2.05, 4.69) is 25.9 Å². The van der Waals surface area contributed by atoms with Crippen LogP contribution in [0.25, 0.3) is 0 Å². The average molecular weight is 225 g/mol. The molecule has 0 spiro atoms. The normalized spacial score (nSPS) is 34.6. The van der Waals surface area contributed by atoms with Crippen LogP contribution in [0.15, 0.2) is 12.2 Å². The molecule has 0 heterocycles. The van der Waals surface area contributed by atoms with Gasteiger partial charge in [0.25, 0.3) is 0 Å². The fourth-order valence-corrected chi connectivity index (χ4v) is 3.42. The lowest BCUT2D eigenvalue weighted by atomic mass is 9.80. The summed E-state index contributed by atoms with van der Waals surface area (Å²) in [6, 6.07) is 0.737. The Balaban J connectivity index is 0.000000509. The van der Waals surface area contributed by atoms with Crippen molar-refractivity contribution in [1.82, 2.24) is 5.32 Å². The van der Waals surface area contributed by atoms with Gasteiger partial charge in [0.05, 0.1) is 0 Å². The van der Waals surface area contributed by atoms with Crippen LogP contribution in [0.4, 0.5) is 0 Å². The van der Waals surface area contributed by atoms with E-state index >= 15 is 0 Å². The summed E-state index contributed by atoms with van der Waals surface area (Å²) in [7, 11) is 2.10. The molecule has 4 atom stereocenters.